The van der Waals surface area contributed by atoms with Gasteiger partial charge in [-0.15, -0.1) is 5.10 Å². The van der Waals surface area contributed by atoms with Crippen molar-refractivity contribution in [1.82, 2.24) is 19.6 Å². The van der Waals surface area contributed by atoms with E-state index in [0.717, 1.165) is 4.52 Å². The molecule has 25 heavy (non-hydrogen) atoms. The summed E-state index contributed by atoms with van der Waals surface area (Å²) in [5, 5.41) is 3.53. The van der Waals surface area contributed by atoms with Crippen LogP contribution in [0, 0.1) is 6.92 Å². The van der Waals surface area contributed by atoms with Gasteiger partial charge in [0.1, 0.15) is 5.82 Å². The first-order valence-corrected chi connectivity index (χ1v) is 7.49. The average Bonchev–Trinajstić information content (AvgIpc) is 2.96. The van der Waals surface area contributed by atoms with Gasteiger partial charge in [-0.3, -0.25) is 0 Å². The molecule has 136 valence electrons. The van der Waals surface area contributed by atoms with Crippen LogP contribution in [-0.4, -0.2) is 58.0 Å². The fraction of sp³-hybridized carbons (Fsp3) is 0.571. The average molecular weight is 359 g/mol. The molecule has 11 heteroatoms. The molecule has 0 aromatic carbocycles. The molecule has 2 aromatic heterocycles. The second kappa shape index (κ2) is 6.14. The van der Waals surface area contributed by atoms with Crippen molar-refractivity contribution in [2.24, 2.45) is 0 Å². The lowest BCUT2D eigenvalue weighted by Crippen LogP contribution is -2.50. The second-order valence-electron chi connectivity index (χ2n) is 5.76. The number of alkyl halides is 3. The molecule has 0 aliphatic carbocycles. The first-order chi connectivity index (χ1) is 11.7. The maximum absolute atomic E-state index is 12.9. The molecular formula is C14H16F3N5O3. The van der Waals surface area contributed by atoms with Gasteiger partial charge in [0.05, 0.1) is 19.8 Å². The van der Waals surface area contributed by atoms with Crippen LogP contribution in [0.5, 0.6) is 0 Å². The molecule has 3 rings (SSSR count). The molecule has 0 radical (unpaired) electrons. The van der Waals surface area contributed by atoms with Crippen molar-refractivity contribution in [3.05, 3.63) is 17.6 Å². The summed E-state index contributed by atoms with van der Waals surface area (Å²) in [6, 6.07) is 1.59. The van der Waals surface area contributed by atoms with E-state index in [4.69, 9.17) is 9.47 Å². The van der Waals surface area contributed by atoms with Crippen LogP contribution in [0.2, 0.25) is 0 Å². The third-order valence-corrected chi connectivity index (χ3v) is 3.72. The number of methoxy groups -OCH3 is 1. The van der Waals surface area contributed by atoms with Gasteiger partial charge in [-0.2, -0.15) is 22.7 Å². The highest BCUT2D eigenvalue weighted by molar-refractivity contribution is 5.75. The molecule has 0 spiro atoms. The van der Waals surface area contributed by atoms with E-state index >= 15 is 0 Å². The van der Waals surface area contributed by atoms with E-state index < -0.39 is 24.1 Å². The van der Waals surface area contributed by atoms with Crippen molar-refractivity contribution >= 4 is 17.6 Å². The number of anilines is 1. The largest absolute Gasteiger partial charge is 0.467 e. The van der Waals surface area contributed by atoms with Crippen LogP contribution in [0.1, 0.15) is 18.4 Å². The van der Waals surface area contributed by atoms with Crippen molar-refractivity contribution in [2.45, 2.75) is 32.2 Å². The van der Waals surface area contributed by atoms with Gasteiger partial charge >= 0.3 is 12.1 Å². The van der Waals surface area contributed by atoms with E-state index in [9.17, 15) is 18.0 Å². The molecule has 1 aliphatic heterocycles. The second-order valence-corrected chi connectivity index (χ2v) is 5.76. The van der Waals surface area contributed by atoms with Crippen LogP contribution in [0.15, 0.2) is 6.07 Å². The number of morpholine rings is 1. The van der Waals surface area contributed by atoms with E-state index in [1.165, 1.54) is 7.11 Å². The minimum Gasteiger partial charge on any atom is -0.467 e. The van der Waals surface area contributed by atoms with Crippen LogP contribution in [-0.2, 0) is 20.4 Å². The van der Waals surface area contributed by atoms with Gasteiger partial charge in [0, 0.05) is 18.3 Å². The third-order valence-electron chi connectivity index (χ3n) is 3.72. The molecule has 1 aliphatic rings. The smallest absolute Gasteiger partial charge is 0.453 e. The molecule has 0 N–H and O–H groups in total. The monoisotopic (exact) mass is 359 g/mol. The molecule has 3 heterocycles. The van der Waals surface area contributed by atoms with Crippen molar-refractivity contribution in [3.63, 3.8) is 0 Å². The number of nitrogens with zero attached hydrogens (tertiary/aromatic N) is 5. The van der Waals surface area contributed by atoms with Gasteiger partial charge in [0.15, 0.2) is 6.10 Å². The Kier molecular flexibility index (Phi) is 4.27. The van der Waals surface area contributed by atoms with Gasteiger partial charge in [-0.05, 0) is 13.8 Å². The van der Waals surface area contributed by atoms with Crippen LogP contribution in [0.4, 0.5) is 19.0 Å². The predicted molar refractivity (Wildman–Crippen MR) is 79.1 cm³/mol. The lowest BCUT2D eigenvalue weighted by molar-refractivity contribution is -0.158. The molecule has 2 aromatic rings. The standard InChI is InChI=1S/C14H16F3N5O3/c1-7-4-10(21-5-8(2)25-9(6-21)11(23)24-3)22-13(18-7)19-12(20-22)14(15,16)17/h4,8-9H,5-6H2,1-3H3/t8-,9?/m0/s1. The summed E-state index contributed by atoms with van der Waals surface area (Å²) in [6.07, 6.45) is -5.85. The quantitative estimate of drug-likeness (QED) is 0.746. The van der Waals surface area contributed by atoms with Gasteiger partial charge in [0.2, 0.25) is 0 Å². The number of hydrogen-bond donors (Lipinski definition) is 0. The van der Waals surface area contributed by atoms with E-state index in [0.29, 0.717) is 18.1 Å². The number of esters is 1. The number of aryl methyl sites for hydroxylation is 1. The molecule has 0 bridgehead atoms. The summed E-state index contributed by atoms with van der Waals surface area (Å²) >= 11 is 0. The summed E-state index contributed by atoms with van der Waals surface area (Å²) in [5.41, 5.74) is 0.484. The Bertz CT molecular complexity index is 807. The Labute approximate surface area is 140 Å². The highest BCUT2D eigenvalue weighted by Crippen LogP contribution is 2.28. The summed E-state index contributed by atoms with van der Waals surface area (Å²) in [6.45, 7) is 3.90. The number of aromatic nitrogens is 4. The Hall–Kier alpha value is -2.43. The molecule has 0 saturated carbocycles. The molecule has 2 atom stereocenters. The minimum atomic E-state index is -4.67. The number of rotatable bonds is 2. The van der Waals surface area contributed by atoms with Crippen molar-refractivity contribution in [1.29, 1.82) is 0 Å². The van der Waals surface area contributed by atoms with Crippen molar-refractivity contribution in [3.8, 4) is 0 Å². The zero-order valence-electron chi connectivity index (χ0n) is 13.7. The minimum absolute atomic E-state index is 0.122. The fourth-order valence-electron chi connectivity index (χ4n) is 2.71. The van der Waals surface area contributed by atoms with Crippen LogP contribution in [0.3, 0.4) is 0 Å². The van der Waals surface area contributed by atoms with E-state index in [1.807, 2.05) is 0 Å². The third kappa shape index (κ3) is 3.36. The predicted octanol–water partition coefficient (Wildman–Crippen LogP) is 1.22. The molecule has 0 amide bonds. The SMILES string of the molecule is COC(=O)C1CN(c2cc(C)nc3nc(C(F)(F)F)nn23)C[C@H](C)O1. The van der Waals surface area contributed by atoms with Crippen LogP contribution < -0.4 is 4.90 Å². The number of hydrogen-bond acceptors (Lipinski definition) is 7. The topological polar surface area (TPSA) is 81.9 Å². The van der Waals surface area contributed by atoms with Crippen LogP contribution in [0.25, 0.3) is 5.78 Å². The Balaban J connectivity index is 2.04. The van der Waals surface area contributed by atoms with Crippen molar-refractivity contribution < 1.29 is 27.4 Å². The number of carbonyl (C=O) groups excluding carboxylic acids is 1. The lowest BCUT2D eigenvalue weighted by atomic mass is 10.2. The van der Waals surface area contributed by atoms with Gasteiger partial charge in [-0.1, -0.05) is 0 Å². The highest BCUT2D eigenvalue weighted by Gasteiger charge is 2.38. The summed E-state index contributed by atoms with van der Waals surface area (Å²) in [4.78, 5) is 21.0. The summed E-state index contributed by atoms with van der Waals surface area (Å²) in [5.74, 6) is -1.61. The number of ether oxygens (including phenoxy) is 2. The molecular weight excluding hydrogens is 343 g/mol. The zero-order valence-corrected chi connectivity index (χ0v) is 13.7. The fourth-order valence-corrected chi connectivity index (χ4v) is 2.71. The van der Waals surface area contributed by atoms with E-state index in [-0.39, 0.29) is 18.4 Å². The molecule has 1 unspecified atom stereocenters. The molecule has 1 fully saturated rings. The first kappa shape index (κ1) is 17.4. The summed E-state index contributed by atoms with van der Waals surface area (Å²) < 4.78 is 50.0. The maximum atomic E-state index is 12.9. The summed E-state index contributed by atoms with van der Waals surface area (Å²) in [7, 11) is 1.25. The zero-order chi connectivity index (χ0) is 18.4. The molecule has 1 saturated heterocycles. The lowest BCUT2D eigenvalue weighted by Gasteiger charge is -2.36. The van der Waals surface area contributed by atoms with Crippen LogP contribution >= 0.6 is 0 Å². The number of halogens is 3. The maximum Gasteiger partial charge on any atom is 0.453 e. The van der Waals surface area contributed by atoms with Gasteiger partial charge in [-0.25, -0.2) is 9.78 Å². The normalized spacial score (nSPS) is 21.6. The number of fused-ring (bicyclic) bond motifs is 1. The van der Waals surface area contributed by atoms with Gasteiger partial charge < -0.3 is 14.4 Å². The highest BCUT2D eigenvalue weighted by atomic mass is 19.4. The van der Waals surface area contributed by atoms with E-state index in [1.54, 1.807) is 24.8 Å². The Morgan fingerprint density at radius 3 is 2.72 bits per heavy atom. The number of carbonyl (C=O) groups is 1. The Morgan fingerprint density at radius 2 is 2.08 bits per heavy atom. The first-order valence-electron chi connectivity index (χ1n) is 7.49. The van der Waals surface area contributed by atoms with Gasteiger partial charge in [0.25, 0.3) is 11.6 Å². The Morgan fingerprint density at radius 1 is 1.36 bits per heavy atom. The molecule has 8 nitrogen and oxygen atoms in total. The van der Waals surface area contributed by atoms with E-state index in [2.05, 4.69) is 15.1 Å². The van der Waals surface area contributed by atoms with Crippen molar-refractivity contribution in [2.75, 3.05) is 25.1 Å².